The molecular weight excluding hydrogens is 360 g/mol. The van der Waals surface area contributed by atoms with Gasteiger partial charge >= 0.3 is 0 Å². The fourth-order valence-electron chi connectivity index (χ4n) is 2.65. The van der Waals surface area contributed by atoms with E-state index in [4.69, 9.17) is 4.42 Å². The maximum atomic E-state index is 13.2. The molecule has 2 aromatic carbocycles. The number of hydrogen-bond acceptors (Lipinski definition) is 5. The van der Waals surface area contributed by atoms with E-state index in [-0.39, 0.29) is 15.8 Å². The quantitative estimate of drug-likeness (QED) is 0.657. The van der Waals surface area contributed by atoms with E-state index in [1.165, 1.54) is 0 Å². The number of oxazole rings is 1. The van der Waals surface area contributed by atoms with Crippen LogP contribution in [-0.4, -0.2) is 19.9 Å². The Bertz CT molecular complexity index is 1040. The molecule has 142 valence electrons. The van der Waals surface area contributed by atoms with Gasteiger partial charge in [0.05, 0.1) is 4.90 Å². The van der Waals surface area contributed by atoms with Gasteiger partial charge in [-0.1, -0.05) is 49.7 Å². The number of aromatic nitrogens is 1. The van der Waals surface area contributed by atoms with Gasteiger partial charge in [0.25, 0.3) is 0 Å². The lowest BCUT2D eigenvalue weighted by atomic mass is 10.1. The Morgan fingerprint density at radius 3 is 2.33 bits per heavy atom. The molecule has 0 aliphatic heterocycles. The molecule has 0 fully saturated rings. The zero-order valence-electron chi connectivity index (χ0n) is 16.0. The third kappa shape index (κ3) is 4.06. The van der Waals surface area contributed by atoms with Crippen molar-refractivity contribution in [2.45, 2.75) is 37.6 Å². The lowest BCUT2D eigenvalue weighted by Crippen LogP contribution is -2.11. The average Bonchev–Trinajstić information content (AvgIpc) is 3.05. The van der Waals surface area contributed by atoms with E-state index in [1.807, 2.05) is 52.0 Å². The highest BCUT2D eigenvalue weighted by Crippen LogP contribution is 2.33. The molecule has 0 saturated carbocycles. The smallest absolute Gasteiger partial charge is 0.233 e. The molecule has 0 amide bonds. The Morgan fingerprint density at radius 2 is 1.70 bits per heavy atom. The number of sulfone groups is 1. The van der Waals surface area contributed by atoms with Crippen molar-refractivity contribution in [1.82, 2.24) is 4.98 Å². The van der Waals surface area contributed by atoms with Crippen LogP contribution in [0.5, 0.6) is 0 Å². The SMILES string of the molecule is Cc1ccc(S(=O)(=O)c2nc(-c3ccccc3C)oc2NCC(C)C)cc1. The summed E-state index contributed by atoms with van der Waals surface area (Å²) in [5.74, 6) is 0.805. The molecule has 0 aliphatic rings. The fraction of sp³-hybridized carbons (Fsp3) is 0.286. The largest absolute Gasteiger partial charge is 0.419 e. The topological polar surface area (TPSA) is 72.2 Å². The Morgan fingerprint density at radius 1 is 1.04 bits per heavy atom. The lowest BCUT2D eigenvalue weighted by Gasteiger charge is -2.08. The molecule has 0 unspecified atom stereocenters. The van der Waals surface area contributed by atoms with Gasteiger partial charge in [-0.05, 0) is 43.5 Å². The van der Waals surface area contributed by atoms with E-state index in [9.17, 15) is 8.42 Å². The highest BCUT2D eigenvalue weighted by Gasteiger charge is 2.28. The summed E-state index contributed by atoms with van der Waals surface area (Å²) in [6.07, 6.45) is 0. The van der Waals surface area contributed by atoms with Crippen molar-refractivity contribution < 1.29 is 12.8 Å². The van der Waals surface area contributed by atoms with Crippen molar-refractivity contribution in [1.29, 1.82) is 0 Å². The van der Waals surface area contributed by atoms with Gasteiger partial charge in [0, 0.05) is 12.1 Å². The van der Waals surface area contributed by atoms with Crippen LogP contribution in [0.1, 0.15) is 25.0 Å². The van der Waals surface area contributed by atoms with E-state index in [0.717, 1.165) is 16.7 Å². The van der Waals surface area contributed by atoms with E-state index < -0.39 is 9.84 Å². The van der Waals surface area contributed by atoms with Crippen molar-refractivity contribution in [2.75, 3.05) is 11.9 Å². The van der Waals surface area contributed by atoms with Crippen molar-refractivity contribution in [3.63, 3.8) is 0 Å². The summed E-state index contributed by atoms with van der Waals surface area (Å²) in [6.45, 7) is 8.52. The van der Waals surface area contributed by atoms with Crippen LogP contribution in [0.4, 0.5) is 5.88 Å². The number of rotatable bonds is 6. The first-order valence-electron chi connectivity index (χ1n) is 8.91. The summed E-state index contributed by atoms with van der Waals surface area (Å²) in [5, 5.41) is 3.02. The summed E-state index contributed by atoms with van der Waals surface area (Å²) in [7, 11) is -3.80. The van der Waals surface area contributed by atoms with Gasteiger partial charge in [0.2, 0.25) is 26.6 Å². The minimum absolute atomic E-state index is 0.0785. The average molecular weight is 385 g/mol. The molecule has 5 nitrogen and oxygen atoms in total. The second kappa shape index (κ2) is 7.56. The number of nitrogens with zero attached hydrogens (tertiary/aromatic N) is 1. The van der Waals surface area contributed by atoms with E-state index >= 15 is 0 Å². The number of nitrogens with one attached hydrogen (secondary N) is 1. The monoisotopic (exact) mass is 384 g/mol. The van der Waals surface area contributed by atoms with Crippen LogP contribution in [0.3, 0.4) is 0 Å². The molecule has 6 heteroatoms. The third-order valence-corrected chi connectivity index (χ3v) is 5.91. The van der Waals surface area contributed by atoms with Crippen LogP contribution in [0.25, 0.3) is 11.5 Å². The van der Waals surface area contributed by atoms with Gasteiger partial charge in [-0.2, -0.15) is 4.98 Å². The summed E-state index contributed by atoms with van der Waals surface area (Å²) in [5.41, 5.74) is 2.73. The van der Waals surface area contributed by atoms with Crippen molar-refractivity contribution in [3.8, 4) is 11.5 Å². The molecule has 0 bridgehead atoms. The molecule has 1 N–H and O–H groups in total. The molecule has 0 atom stereocenters. The van der Waals surface area contributed by atoms with Gasteiger partial charge in [0.15, 0.2) is 0 Å². The zero-order chi connectivity index (χ0) is 19.6. The van der Waals surface area contributed by atoms with E-state index in [2.05, 4.69) is 10.3 Å². The molecule has 3 aromatic rings. The minimum Gasteiger partial charge on any atom is -0.419 e. The van der Waals surface area contributed by atoms with Crippen LogP contribution in [0.15, 0.2) is 62.9 Å². The number of hydrogen-bond donors (Lipinski definition) is 1. The first kappa shape index (κ1) is 19.2. The molecule has 0 aliphatic carbocycles. The molecule has 27 heavy (non-hydrogen) atoms. The van der Waals surface area contributed by atoms with Crippen LogP contribution in [-0.2, 0) is 9.84 Å². The molecule has 1 aromatic heterocycles. The molecule has 3 rings (SSSR count). The van der Waals surface area contributed by atoms with Crippen LogP contribution < -0.4 is 5.32 Å². The van der Waals surface area contributed by atoms with Gasteiger partial charge in [0.1, 0.15) is 0 Å². The number of aryl methyl sites for hydroxylation is 2. The first-order chi connectivity index (χ1) is 12.8. The molecular formula is C21H24N2O3S. The fourth-order valence-corrected chi connectivity index (χ4v) is 3.93. The Labute approximate surface area is 160 Å². The Kier molecular flexibility index (Phi) is 5.37. The maximum absolute atomic E-state index is 13.2. The molecule has 0 saturated heterocycles. The summed E-state index contributed by atoms with van der Waals surface area (Å²) in [4.78, 5) is 4.57. The normalized spacial score (nSPS) is 11.7. The van der Waals surface area contributed by atoms with Crippen molar-refractivity contribution in [2.24, 2.45) is 5.92 Å². The van der Waals surface area contributed by atoms with Crippen LogP contribution in [0, 0.1) is 19.8 Å². The number of anilines is 1. The Balaban J connectivity index is 2.12. The second-order valence-electron chi connectivity index (χ2n) is 7.06. The van der Waals surface area contributed by atoms with Crippen molar-refractivity contribution in [3.05, 3.63) is 59.7 Å². The lowest BCUT2D eigenvalue weighted by molar-refractivity contribution is 0.567. The summed E-state index contributed by atoms with van der Waals surface area (Å²) < 4.78 is 32.2. The maximum Gasteiger partial charge on any atom is 0.233 e. The van der Waals surface area contributed by atoms with Crippen molar-refractivity contribution >= 4 is 15.7 Å². The van der Waals surface area contributed by atoms with E-state index in [1.54, 1.807) is 24.3 Å². The summed E-state index contributed by atoms with van der Waals surface area (Å²) in [6, 6.07) is 14.3. The van der Waals surface area contributed by atoms with Crippen LogP contribution in [0.2, 0.25) is 0 Å². The molecule has 0 spiro atoms. The standard InChI is InChI=1S/C21H24N2O3S/c1-14(2)13-22-20-21(27(24,25)17-11-9-15(3)10-12-17)23-19(26-20)18-8-6-5-7-16(18)4/h5-12,14,22H,13H2,1-4H3. The first-order valence-corrected chi connectivity index (χ1v) is 10.4. The Hall–Kier alpha value is -2.60. The van der Waals surface area contributed by atoms with Gasteiger partial charge in [-0.15, -0.1) is 0 Å². The minimum atomic E-state index is -3.80. The number of benzene rings is 2. The predicted octanol–water partition coefficient (Wildman–Crippen LogP) is 4.86. The molecule has 0 radical (unpaired) electrons. The molecule has 1 heterocycles. The van der Waals surface area contributed by atoms with Gasteiger partial charge in [-0.3, -0.25) is 0 Å². The van der Waals surface area contributed by atoms with E-state index in [0.29, 0.717) is 18.4 Å². The highest BCUT2D eigenvalue weighted by molar-refractivity contribution is 7.91. The third-order valence-electron chi connectivity index (χ3n) is 4.23. The summed E-state index contributed by atoms with van der Waals surface area (Å²) >= 11 is 0. The zero-order valence-corrected chi connectivity index (χ0v) is 16.8. The van der Waals surface area contributed by atoms with Gasteiger partial charge in [-0.25, -0.2) is 8.42 Å². The predicted molar refractivity (Wildman–Crippen MR) is 107 cm³/mol. The second-order valence-corrected chi connectivity index (χ2v) is 8.92. The van der Waals surface area contributed by atoms with Crippen LogP contribution >= 0.6 is 0 Å². The highest BCUT2D eigenvalue weighted by atomic mass is 32.2. The van der Waals surface area contributed by atoms with Gasteiger partial charge < -0.3 is 9.73 Å².